The Morgan fingerprint density at radius 1 is 1.12 bits per heavy atom. The molecule has 0 atom stereocenters. The summed E-state index contributed by atoms with van der Waals surface area (Å²) < 4.78 is 0. The molecule has 2 nitrogen and oxygen atoms in total. The standard InChI is InChI=1S/C12H6Cl2N2/c13-10-6-9(7-15)16-12(11(10)14)8-4-2-1-3-5-8/h1-6H. The molecule has 2 aromatic rings. The first-order chi connectivity index (χ1) is 7.72. The number of hydrogen-bond acceptors (Lipinski definition) is 2. The second-order valence-electron chi connectivity index (χ2n) is 3.13. The van der Waals surface area contributed by atoms with Crippen molar-refractivity contribution in [3.63, 3.8) is 0 Å². The van der Waals surface area contributed by atoms with Gasteiger partial charge in [0, 0.05) is 5.56 Å². The van der Waals surface area contributed by atoms with Gasteiger partial charge in [-0.15, -0.1) is 0 Å². The number of halogens is 2. The molecule has 1 heterocycles. The summed E-state index contributed by atoms with van der Waals surface area (Å²) in [5, 5.41) is 9.52. The highest BCUT2D eigenvalue weighted by Gasteiger charge is 2.10. The van der Waals surface area contributed by atoms with E-state index in [4.69, 9.17) is 28.5 Å². The first-order valence-corrected chi connectivity index (χ1v) is 5.29. The Morgan fingerprint density at radius 3 is 2.44 bits per heavy atom. The molecule has 0 unspecified atom stereocenters. The zero-order chi connectivity index (χ0) is 11.5. The van der Waals surface area contributed by atoms with Gasteiger partial charge in [-0.25, -0.2) is 4.98 Å². The molecule has 0 aliphatic rings. The van der Waals surface area contributed by atoms with Gasteiger partial charge >= 0.3 is 0 Å². The van der Waals surface area contributed by atoms with Crippen LogP contribution in [-0.4, -0.2) is 4.98 Å². The number of pyridine rings is 1. The molecule has 16 heavy (non-hydrogen) atoms. The molecule has 0 fully saturated rings. The molecule has 0 radical (unpaired) electrons. The Balaban J connectivity index is 2.66. The van der Waals surface area contributed by atoms with Gasteiger partial charge in [-0.05, 0) is 6.07 Å². The quantitative estimate of drug-likeness (QED) is 0.767. The maximum absolute atomic E-state index is 8.81. The van der Waals surface area contributed by atoms with Crippen LogP contribution in [0.4, 0.5) is 0 Å². The number of rotatable bonds is 1. The van der Waals surface area contributed by atoms with Crippen LogP contribution in [0, 0.1) is 11.3 Å². The summed E-state index contributed by atoms with van der Waals surface area (Å²) in [7, 11) is 0. The third-order valence-corrected chi connectivity index (χ3v) is 2.85. The summed E-state index contributed by atoms with van der Waals surface area (Å²) in [5.74, 6) is 0. The van der Waals surface area contributed by atoms with Crippen LogP contribution in [0.3, 0.4) is 0 Å². The minimum absolute atomic E-state index is 0.258. The smallest absolute Gasteiger partial charge is 0.142 e. The van der Waals surface area contributed by atoms with E-state index in [1.165, 1.54) is 6.07 Å². The fourth-order valence-corrected chi connectivity index (χ4v) is 1.74. The molecule has 0 aliphatic carbocycles. The van der Waals surface area contributed by atoms with Gasteiger partial charge in [0.15, 0.2) is 0 Å². The monoisotopic (exact) mass is 248 g/mol. The molecule has 2 rings (SSSR count). The number of nitrogens with zero attached hydrogens (tertiary/aromatic N) is 2. The Kier molecular flexibility index (Phi) is 3.09. The van der Waals surface area contributed by atoms with Gasteiger partial charge in [0.2, 0.25) is 0 Å². The first kappa shape index (κ1) is 10.9. The largest absolute Gasteiger partial charge is 0.235 e. The van der Waals surface area contributed by atoms with Crippen LogP contribution in [0.1, 0.15) is 5.69 Å². The highest BCUT2D eigenvalue weighted by atomic mass is 35.5. The Labute approximate surface area is 103 Å². The van der Waals surface area contributed by atoms with E-state index in [2.05, 4.69) is 4.98 Å². The second kappa shape index (κ2) is 4.52. The van der Waals surface area contributed by atoms with Gasteiger partial charge in [-0.2, -0.15) is 5.26 Å². The van der Waals surface area contributed by atoms with Crippen LogP contribution < -0.4 is 0 Å². The van der Waals surface area contributed by atoms with Crippen molar-refractivity contribution in [2.24, 2.45) is 0 Å². The van der Waals surface area contributed by atoms with E-state index in [0.29, 0.717) is 15.7 Å². The fraction of sp³-hybridized carbons (Fsp3) is 0. The van der Waals surface area contributed by atoms with Crippen molar-refractivity contribution in [2.75, 3.05) is 0 Å². The lowest BCUT2D eigenvalue weighted by molar-refractivity contribution is 1.26. The van der Waals surface area contributed by atoms with E-state index in [-0.39, 0.29) is 5.69 Å². The highest BCUT2D eigenvalue weighted by Crippen LogP contribution is 2.32. The van der Waals surface area contributed by atoms with E-state index in [1.807, 2.05) is 36.4 Å². The lowest BCUT2D eigenvalue weighted by atomic mass is 10.1. The molecule has 0 saturated heterocycles. The molecule has 0 N–H and O–H groups in total. The van der Waals surface area contributed by atoms with Crippen LogP contribution in [0.15, 0.2) is 36.4 Å². The summed E-state index contributed by atoms with van der Waals surface area (Å²) in [6.45, 7) is 0. The zero-order valence-corrected chi connectivity index (χ0v) is 9.63. The van der Waals surface area contributed by atoms with Gasteiger partial charge in [0.05, 0.1) is 15.7 Å². The molecule has 1 aromatic carbocycles. The average molecular weight is 249 g/mol. The number of aromatic nitrogens is 1. The van der Waals surface area contributed by atoms with Crippen molar-refractivity contribution in [3.05, 3.63) is 52.1 Å². The van der Waals surface area contributed by atoms with Gasteiger partial charge < -0.3 is 0 Å². The summed E-state index contributed by atoms with van der Waals surface area (Å²) in [5.41, 5.74) is 1.63. The van der Waals surface area contributed by atoms with E-state index in [9.17, 15) is 0 Å². The maximum Gasteiger partial charge on any atom is 0.142 e. The van der Waals surface area contributed by atoms with E-state index < -0.39 is 0 Å². The second-order valence-corrected chi connectivity index (χ2v) is 3.91. The summed E-state index contributed by atoms with van der Waals surface area (Å²) >= 11 is 12.0. The van der Waals surface area contributed by atoms with Crippen molar-refractivity contribution in [1.82, 2.24) is 4.98 Å². The SMILES string of the molecule is N#Cc1cc(Cl)c(Cl)c(-c2ccccc2)n1. The number of nitriles is 1. The summed E-state index contributed by atoms with van der Waals surface area (Å²) in [4.78, 5) is 4.14. The Bertz CT molecular complexity index is 559. The van der Waals surface area contributed by atoms with Crippen molar-refractivity contribution < 1.29 is 0 Å². The van der Waals surface area contributed by atoms with Crippen LogP contribution >= 0.6 is 23.2 Å². The van der Waals surface area contributed by atoms with Crippen LogP contribution in [0.2, 0.25) is 10.0 Å². The van der Waals surface area contributed by atoms with E-state index >= 15 is 0 Å². The molecule has 0 bridgehead atoms. The van der Waals surface area contributed by atoms with Crippen LogP contribution in [-0.2, 0) is 0 Å². The third kappa shape index (κ3) is 2.01. The molecule has 0 saturated carbocycles. The molecule has 0 amide bonds. The van der Waals surface area contributed by atoms with Crippen molar-refractivity contribution in [2.45, 2.75) is 0 Å². The lowest BCUT2D eigenvalue weighted by Crippen LogP contribution is -1.90. The van der Waals surface area contributed by atoms with Crippen LogP contribution in [0.5, 0.6) is 0 Å². The Hall–Kier alpha value is -1.56. The molecular formula is C12H6Cl2N2. The molecule has 4 heteroatoms. The lowest BCUT2D eigenvalue weighted by Gasteiger charge is -2.05. The van der Waals surface area contributed by atoms with E-state index in [1.54, 1.807) is 0 Å². The average Bonchev–Trinajstić information content (AvgIpc) is 2.33. The van der Waals surface area contributed by atoms with Crippen molar-refractivity contribution >= 4 is 23.2 Å². The predicted molar refractivity (Wildman–Crippen MR) is 64.4 cm³/mol. The molecule has 78 valence electrons. The summed E-state index contributed by atoms with van der Waals surface area (Å²) in [6.07, 6.45) is 0. The van der Waals surface area contributed by atoms with Crippen molar-refractivity contribution in [3.8, 4) is 17.3 Å². The zero-order valence-electron chi connectivity index (χ0n) is 8.11. The normalized spacial score (nSPS) is 9.81. The van der Waals surface area contributed by atoms with Crippen molar-refractivity contribution in [1.29, 1.82) is 5.26 Å². The first-order valence-electron chi connectivity index (χ1n) is 4.54. The maximum atomic E-state index is 8.81. The van der Waals surface area contributed by atoms with Gasteiger partial charge in [0.1, 0.15) is 11.8 Å². The number of benzene rings is 1. The number of hydrogen-bond donors (Lipinski definition) is 0. The van der Waals surface area contributed by atoms with Gasteiger partial charge in [-0.1, -0.05) is 53.5 Å². The molecular weight excluding hydrogens is 243 g/mol. The Morgan fingerprint density at radius 2 is 1.81 bits per heavy atom. The minimum Gasteiger partial charge on any atom is -0.235 e. The topological polar surface area (TPSA) is 36.7 Å². The fourth-order valence-electron chi connectivity index (χ4n) is 1.34. The molecule has 1 aromatic heterocycles. The van der Waals surface area contributed by atoms with Gasteiger partial charge in [0.25, 0.3) is 0 Å². The predicted octanol–water partition coefficient (Wildman–Crippen LogP) is 3.93. The van der Waals surface area contributed by atoms with Gasteiger partial charge in [-0.3, -0.25) is 0 Å². The molecule has 0 spiro atoms. The third-order valence-electron chi connectivity index (χ3n) is 2.08. The summed E-state index contributed by atoms with van der Waals surface area (Å²) in [6, 6.07) is 12.8. The molecule has 0 aliphatic heterocycles. The highest BCUT2D eigenvalue weighted by molar-refractivity contribution is 6.43. The minimum atomic E-state index is 0.258. The van der Waals surface area contributed by atoms with Crippen LogP contribution in [0.25, 0.3) is 11.3 Å². The van der Waals surface area contributed by atoms with E-state index in [0.717, 1.165) is 5.56 Å².